The molecule has 1 fully saturated rings. The summed E-state index contributed by atoms with van der Waals surface area (Å²) < 4.78 is 0. The summed E-state index contributed by atoms with van der Waals surface area (Å²) in [5, 5.41) is 3.44. The zero-order valence-electron chi connectivity index (χ0n) is 10.6. The Balaban J connectivity index is 2.48. The lowest BCUT2D eigenvalue weighted by molar-refractivity contribution is 0.396. The van der Waals surface area contributed by atoms with Gasteiger partial charge in [0.25, 0.3) is 0 Å². The molecule has 0 radical (unpaired) electrons. The Kier molecular flexibility index (Phi) is 6.23. The Morgan fingerprint density at radius 2 is 2.06 bits per heavy atom. The lowest BCUT2D eigenvalue weighted by Gasteiger charge is -2.24. The number of hydrazine groups is 1. The van der Waals surface area contributed by atoms with Crippen molar-refractivity contribution >= 4 is 5.96 Å². The first kappa shape index (κ1) is 13.3. The SMILES string of the molecule is CCCN=C(NN)NC1CCCCCC1C. The van der Waals surface area contributed by atoms with Crippen LogP contribution in [0, 0.1) is 5.92 Å². The molecule has 94 valence electrons. The number of hydrogen-bond acceptors (Lipinski definition) is 2. The summed E-state index contributed by atoms with van der Waals surface area (Å²) in [4.78, 5) is 4.39. The van der Waals surface area contributed by atoms with Crippen LogP contribution in [0.2, 0.25) is 0 Å². The third-order valence-electron chi connectivity index (χ3n) is 3.31. The number of nitrogens with one attached hydrogen (secondary N) is 2. The number of nitrogens with zero attached hydrogens (tertiary/aromatic N) is 1. The first-order valence-electron chi connectivity index (χ1n) is 6.55. The maximum absolute atomic E-state index is 5.47. The third-order valence-corrected chi connectivity index (χ3v) is 3.31. The van der Waals surface area contributed by atoms with Crippen LogP contribution in [-0.2, 0) is 0 Å². The van der Waals surface area contributed by atoms with Gasteiger partial charge in [-0.15, -0.1) is 0 Å². The van der Waals surface area contributed by atoms with Crippen LogP contribution in [0.3, 0.4) is 0 Å². The smallest absolute Gasteiger partial charge is 0.205 e. The van der Waals surface area contributed by atoms with Crippen LogP contribution in [0.25, 0.3) is 0 Å². The topological polar surface area (TPSA) is 62.4 Å². The minimum absolute atomic E-state index is 0.522. The van der Waals surface area contributed by atoms with Crippen molar-refractivity contribution in [3.63, 3.8) is 0 Å². The monoisotopic (exact) mass is 226 g/mol. The van der Waals surface area contributed by atoms with Crippen molar-refractivity contribution in [3.8, 4) is 0 Å². The second kappa shape index (κ2) is 7.49. The average molecular weight is 226 g/mol. The molecule has 1 saturated carbocycles. The highest BCUT2D eigenvalue weighted by Gasteiger charge is 2.20. The maximum Gasteiger partial charge on any atom is 0.205 e. The fourth-order valence-corrected chi connectivity index (χ4v) is 2.24. The van der Waals surface area contributed by atoms with Crippen molar-refractivity contribution in [3.05, 3.63) is 0 Å². The summed E-state index contributed by atoms with van der Waals surface area (Å²) in [6.45, 7) is 5.26. The fourth-order valence-electron chi connectivity index (χ4n) is 2.24. The molecule has 0 aromatic rings. The molecular weight excluding hydrogens is 200 g/mol. The van der Waals surface area contributed by atoms with E-state index in [1.165, 1.54) is 32.1 Å². The van der Waals surface area contributed by atoms with Crippen molar-refractivity contribution in [1.82, 2.24) is 10.7 Å². The van der Waals surface area contributed by atoms with Crippen LogP contribution in [0.5, 0.6) is 0 Å². The van der Waals surface area contributed by atoms with E-state index in [0.29, 0.717) is 12.0 Å². The molecule has 0 bridgehead atoms. The molecule has 0 aromatic carbocycles. The van der Waals surface area contributed by atoms with Crippen LogP contribution < -0.4 is 16.6 Å². The molecule has 4 heteroatoms. The van der Waals surface area contributed by atoms with Gasteiger partial charge in [0, 0.05) is 12.6 Å². The Morgan fingerprint density at radius 3 is 2.75 bits per heavy atom. The first-order valence-corrected chi connectivity index (χ1v) is 6.55. The molecule has 4 nitrogen and oxygen atoms in total. The average Bonchev–Trinajstić information content (AvgIpc) is 2.50. The van der Waals surface area contributed by atoms with E-state index < -0.39 is 0 Å². The maximum atomic E-state index is 5.47. The van der Waals surface area contributed by atoms with E-state index in [1.54, 1.807) is 0 Å². The second-order valence-corrected chi connectivity index (χ2v) is 4.74. The minimum atomic E-state index is 0.522. The number of guanidine groups is 1. The van der Waals surface area contributed by atoms with E-state index >= 15 is 0 Å². The quantitative estimate of drug-likeness (QED) is 0.226. The predicted molar refractivity (Wildman–Crippen MR) is 69.1 cm³/mol. The van der Waals surface area contributed by atoms with Crippen LogP contribution >= 0.6 is 0 Å². The highest BCUT2D eigenvalue weighted by Crippen LogP contribution is 2.22. The van der Waals surface area contributed by atoms with Gasteiger partial charge in [-0.25, -0.2) is 5.84 Å². The lowest BCUT2D eigenvalue weighted by atomic mass is 9.97. The highest BCUT2D eigenvalue weighted by molar-refractivity contribution is 5.79. The van der Waals surface area contributed by atoms with E-state index in [0.717, 1.165) is 18.9 Å². The summed E-state index contributed by atoms with van der Waals surface area (Å²) in [6.07, 6.45) is 7.62. The molecule has 1 aliphatic rings. The molecule has 0 amide bonds. The molecule has 2 unspecified atom stereocenters. The van der Waals surface area contributed by atoms with Gasteiger partial charge in [0.2, 0.25) is 5.96 Å². The Morgan fingerprint density at radius 1 is 1.31 bits per heavy atom. The van der Waals surface area contributed by atoms with Gasteiger partial charge in [0.1, 0.15) is 0 Å². The zero-order chi connectivity index (χ0) is 11.8. The minimum Gasteiger partial charge on any atom is -0.352 e. The summed E-state index contributed by atoms with van der Waals surface area (Å²) >= 11 is 0. The Labute approximate surface area is 99.1 Å². The molecule has 0 spiro atoms. The van der Waals surface area contributed by atoms with Crippen LogP contribution in [-0.4, -0.2) is 18.5 Å². The van der Waals surface area contributed by atoms with Gasteiger partial charge in [-0.3, -0.25) is 10.4 Å². The van der Waals surface area contributed by atoms with E-state index in [2.05, 4.69) is 29.6 Å². The molecule has 1 aliphatic carbocycles. The van der Waals surface area contributed by atoms with Crippen molar-refractivity contribution in [2.24, 2.45) is 16.8 Å². The standard InChI is InChI=1S/C12H26N4/c1-3-9-14-12(16-13)15-11-8-6-4-5-7-10(11)2/h10-11H,3-9,13H2,1-2H3,(H2,14,15,16). The van der Waals surface area contributed by atoms with Crippen molar-refractivity contribution in [1.29, 1.82) is 0 Å². The van der Waals surface area contributed by atoms with Gasteiger partial charge >= 0.3 is 0 Å². The van der Waals surface area contributed by atoms with Crippen molar-refractivity contribution in [2.45, 2.75) is 58.4 Å². The molecule has 1 rings (SSSR count). The van der Waals surface area contributed by atoms with E-state index in [9.17, 15) is 0 Å². The fraction of sp³-hybridized carbons (Fsp3) is 0.917. The van der Waals surface area contributed by atoms with E-state index in [-0.39, 0.29) is 0 Å². The van der Waals surface area contributed by atoms with Gasteiger partial charge in [-0.05, 0) is 25.2 Å². The summed E-state index contributed by atoms with van der Waals surface area (Å²) in [5.74, 6) is 6.93. The molecule has 4 N–H and O–H groups in total. The summed E-state index contributed by atoms with van der Waals surface area (Å²) in [6, 6.07) is 0.522. The Hall–Kier alpha value is -0.770. The zero-order valence-corrected chi connectivity index (χ0v) is 10.6. The van der Waals surface area contributed by atoms with Gasteiger partial charge in [-0.1, -0.05) is 33.1 Å². The predicted octanol–water partition coefficient (Wildman–Crippen LogP) is 1.77. The van der Waals surface area contributed by atoms with Gasteiger partial charge in [0.05, 0.1) is 0 Å². The van der Waals surface area contributed by atoms with Gasteiger partial charge in [0.15, 0.2) is 0 Å². The second-order valence-electron chi connectivity index (χ2n) is 4.74. The normalized spacial score (nSPS) is 27.3. The van der Waals surface area contributed by atoms with Crippen molar-refractivity contribution in [2.75, 3.05) is 6.54 Å². The molecule has 0 aromatic heterocycles. The van der Waals surface area contributed by atoms with Crippen LogP contribution in [0.1, 0.15) is 52.4 Å². The lowest BCUT2D eigenvalue weighted by Crippen LogP contribution is -2.48. The van der Waals surface area contributed by atoms with Gasteiger partial charge < -0.3 is 5.32 Å². The summed E-state index contributed by atoms with van der Waals surface area (Å²) in [5.41, 5.74) is 2.66. The number of nitrogens with two attached hydrogens (primary N) is 1. The van der Waals surface area contributed by atoms with E-state index in [1.807, 2.05) is 0 Å². The number of aliphatic imine (C=N–C) groups is 1. The molecule has 0 saturated heterocycles. The Bertz CT molecular complexity index is 215. The summed E-state index contributed by atoms with van der Waals surface area (Å²) in [7, 11) is 0. The number of hydrogen-bond donors (Lipinski definition) is 3. The number of rotatable bonds is 3. The molecule has 0 aliphatic heterocycles. The third kappa shape index (κ3) is 4.39. The van der Waals surface area contributed by atoms with Gasteiger partial charge in [-0.2, -0.15) is 0 Å². The van der Waals surface area contributed by atoms with Crippen LogP contribution in [0.4, 0.5) is 0 Å². The van der Waals surface area contributed by atoms with Crippen molar-refractivity contribution < 1.29 is 0 Å². The molecule has 2 atom stereocenters. The first-order chi connectivity index (χ1) is 7.77. The highest BCUT2D eigenvalue weighted by atomic mass is 15.3. The molecular formula is C12H26N4. The van der Waals surface area contributed by atoms with E-state index in [4.69, 9.17) is 5.84 Å². The van der Waals surface area contributed by atoms with Crippen LogP contribution in [0.15, 0.2) is 4.99 Å². The molecule has 16 heavy (non-hydrogen) atoms. The molecule has 0 heterocycles. The largest absolute Gasteiger partial charge is 0.352 e.